The third-order valence-corrected chi connectivity index (χ3v) is 4.70. The summed E-state index contributed by atoms with van der Waals surface area (Å²) in [5, 5.41) is 6.94. The summed E-state index contributed by atoms with van der Waals surface area (Å²) in [5.41, 5.74) is 4.26. The van der Waals surface area contributed by atoms with Crippen molar-refractivity contribution in [1.82, 2.24) is 30.0 Å². The first-order chi connectivity index (χ1) is 12.6. The minimum Gasteiger partial charge on any atom is -0.345 e. The highest BCUT2D eigenvalue weighted by Gasteiger charge is 2.20. The van der Waals surface area contributed by atoms with E-state index in [4.69, 9.17) is 0 Å². The summed E-state index contributed by atoms with van der Waals surface area (Å²) < 4.78 is 0. The van der Waals surface area contributed by atoms with E-state index in [1.54, 1.807) is 12.4 Å². The standard InChI is InChI=1S/C19H26N6O/c1-4-24(5-2)9-10-25(19(26)17-11-14(3)22-23-17)12-15-7-6-8-16-18(15)21-13-20-16/h6-8,11,13H,4-5,9-10,12H2,1-3H3,(H,20,21)(H,22,23). The number of rotatable bonds is 8. The van der Waals surface area contributed by atoms with Crippen molar-refractivity contribution >= 4 is 16.9 Å². The highest BCUT2D eigenvalue weighted by atomic mass is 16.2. The van der Waals surface area contributed by atoms with Crippen molar-refractivity contribution < 1.29 is 4.79 Å². The number of aromatic amines is 2. The monoisotopic (exact) mass is 354 g/mol. The van der Waals surface area contributed by atoms with Crippen molar-refractivity contribution in [2.45, 2.75) is 27.3 Å². The van der Waals surface area contributed by atoms with E-state index in [-0.39, 0.29) is 5.91 Å². The Bertz CT molecular complexity index is 864. The van der Waals surface area contributed by atoms with Crippen LogP contribution in [0.1, 0.15) is 35.6 Å². The number of imidazole rings is 1. The lowest BCUT2D eigenvalue weighted by molar-refractivity contribution is 0.0718. The molecule has 0 saturated heterocycles. The summed E-state index contributed by atoms with van der Waals surface area (Å²) in [6.45, 7) is 10.1. The molecule has 3 rings (SSSR count). The quantitative estimate of drug-likeness (QED) is 0.651. The van der Waals surface area contributed by atoms with Gasteiger partial charge in [0.05, 0.1) is 23.1 Å². The topological polar surface area (TPSA) is 80.9 Å². The zero-order chi connectivity index (χ0) is 18.5. The Balaban J connectivity index is 1.84. The second-order valence-electron chi connectivity index (χ2n) is 6.39. The fourth-order valence-corrected chi connectivity index (χ4v) is 3.12. The van der Waals surface area contributed by atoms with Gasteiger partial charge in [0.2, 0.25) is 0 Å². The lowest BCUT2D eigenvalue weighted by Gasteiger charge is -2.26. The van der Waals surface area contributed by atoms with Gasteiger partial charge in [0, 0.05) is 19.6 Å². The van der Waals surface area contributed by atoms with Crippen LogP contribution in [0.2, 0.25) is 0 Å². The molecule has 7 heteroatoms. The first-order valence-electron chi connectivity index (χ1n) is 9.07. The van der Waals surface area contributed by atoms with Gasteiger partial charge >= 0.3 is 0 Å². The number of amides is 1. The maximum atomic E-state index is 13.0. The number of H-pyrrole nitrogens is 2. The maximum absolute atomic E-state index is 13.0. The van der Waals surface area contributed by atoms with E-state index in [2.05, 4.69) is 38.9 Å². The van der Waals surface area contributed by atoms with E-state index < -0.39 is 0 Å². The molecule has 0 aliphatic rings. The zero-order valence-corrected chi connectivity index (χ0v) is 15.6. The largest absolute Gasteiger partial charge is 0.345 e. The molecule has 7 nitrogen and oxygen atoms in total. The van der Waals surface area contributed by atoms with Crippen LogP contribution in [0, 0.1) is 6.92 Å². The van der Waals surface area contributed by atoms with Crippen LogP contribution in [-0.2, 0) is 6.54 Å². The number of carbonyl (C=O) groups is 1. The number of hydrogen-bond donors (Lipinski definition) is 2. The molecule has 1 amide bonds. The molecule has 0 aliphatic heterocycles. The Labute approximate surface area is 153 Å². The molecule has 0 fully saturated rings. The normalized spacial score (nSPS) is 11.4. The molecule has 26 heavy (non-hydrogen) atoms. The number of aryl methyl sites for hydroxylation is 1. The van der Waals surface area contributed by atoms with Gasteiger partial charge in [-0.1, -0.05) is 26.0 Å². The molecule has 0 atom stereocenters. The van der Waals surface area contributed by atoms with E-state index in [0.717, 1.165) is 41.9 Å². The van der Waals surface area contributed by atoms with Crippen LogP contribution in [0.25, 0.3) is 11.0 Å². The first-order valence-corrected chi connectivity index (χ1v) is 9.07. The van der Waals surface area contributed by atoms with Crippen molar-refractivity contribution in [3.05, 3.63) is 47.5 Å². The molecule has 0 aliphatic carbocycles. The molecule has 2 N–H and O–H groups in total. The summed E-state index contributed by atoms with van der Waals surface area (Å²) >= 11 is 0. The minimum atomic E-state index is -0.0368. The predicted octanol–water partition coefficient (Wildman–Crippen LogP) is 2.58. The number of nitrogens with one attached hydrogen (secondary N) is 2. The van der Waals surface area contributed by atoms with Gasteiger partial charge in [0.1, 0.15) is 5.69 Å². The molecule has 1 aromatic carbocycles. The average molecular weight is 354 g/mol. The van der Waals surface area contributed by atoms with E-state index >= 15 is 0 Å². The van der Waals surface area contributed by atoms with Crippen molar-refractivity contribution in [2.75, 3.05) is 26.2 Å². The number of carbonyl (C=O) groups excluding carboxylic acids is 1. The van der Waals surface area contributed by atoms with E-state index in [0.29, 0.717) is 18.8 Å². The number of fused-ring (bicyclic) bond motifs is 1. The molecule has 0 radical (unpaired) electrons. The van der Waals surface area contributed by atoms with Gasteiger partial charge in [-0.25, -0.2) is 4.98 Å². The Morgan fingerprint density at radius 2 is 2.00 bits per heavy atom. The van der Waals surface area contributed by atoms with E-state index in [1.807, 2.05) is 30.0 Å². The first kappa shape index (κ1) is 18.1. The average Bonchev–Trinajstić information content (AvgIpc) is 3.30. The van der Waals surface area contributed by atoms with Gasteiger partial charge in [0.15, 0.2) is 0 Å². The molecule has 3 aromatic rings. The van der Waals surface area contributed by atoms with Gasteiger partial charge < -0.3 is 14.8 Å². The number of nitrogens with zero attached hydrogens (tertiary/aromatic N) is 4. The molecule has 2 heterocycles. The van der Waals surface area contributed by atoms with Gasteiger partial charge in [-0.2, -0.15) is 5.10 Å². The summed E-state index contributed by atoms with van der Waals surface area (Å²) in [6, 6.07) is 7.80. The van der Waals surface area contributed by atoms with Crippen LogP contribution in [0.5, 0.6) is 0 Å². The van der Waals surface area contributed by atoms with Gasteiger partial charge in [-0.15, -0.1) is 0 Å². The molecule has 138 valence electrons. The van der Waals surface area contributed by atoms with Crippen LogP contribution in [0.15, 0.2) is 30.6 Å². The van der Waals surface area contributed by atoms with Crippen molar-refractivity contribution in [1.29, 1.82) is 0 Å². The molecule has 0 bridgehead atoms. The summed E-state index contributed by atoms with van der Waals surface area (Å²) in [4.78, 5) is 24.8. The number of hydrogen-bond acceptors (Lipinski definition) is 4. The van der Waals surface area contributed by atoms with Gasteiger partial charge in [-0.05, 0) is 37.7 Å². The van der Waals surface area contributed by atoms with Gasteiger partial charge in [-0.3, -0.25) is 9.89 Å². The molecule has 2 aromatic heterocycles. The molecule has 0 saturated carbocycles. The lowest BCUT2D eigenvalue weighted by Crippen LogP contribution is -2.38. The Morgan fingerprint density at radius 1 is 1.19 bits per heavy atom. The number of aromatic nitrogens is 4. The Hall–Kier alpha value is -2.67. The SMILES string of the molecule is CCN(CC)CCN(Cc1cccc2[nH]cnc12)C(=O)c1cc(C)n[nH]1. The minimum absolute atomic E-state index is 0.0368. The number of likely N-dealkylation sites (N-methyl/N-ethyl adjacent to an activating group) is 1. The second-order valence-corrected chi connectivity index (χ2v) is 6.39. The second kappa shape index (κ2) is 8.14. The third-order valence-electron chi connectivity index (χ3n) is 4.70. The van der Waals surface area contributed by atoms with Crippen molar-refractivity contribution in [3.63, 3.8) is 0 Å². The van der Waals surface area contributed by atoms with Crippen molar-refractivity contribution in [3.8, 4) is 0 Å². The summed E-state index contributed by atoms with van der Waals surface area (Å²) in [7, 11) is 0. The fourth-order valence-electron chi connectivity index (χ4n) is 3.12. The van der Waals surface area contributed by atoms with Crippen LogP contribution < -0.4 is 0 Å². The smallest absolute Gasteiger partial charge is 0.272 e. The zero-order valence-electron chi connectivity index (χ0n) is 15.6. The van der Waals surface area contributed by atoms with Crippen molar-refractivity contribution in [2.24, 2.45) is 0 Å². The van der Waals surface area contributed by atoms with E-state index in [9.17, 15) is 4.79 Å². The summed E-state index contributed by atoms with van der Waals surface area (Å²) in [5.74, 6) is -0.0368. The van der Waals surface area contributed by atoms with Crippen LogP contribution >= 0.6 is 0 Å². The summed E-state index contributed by atoms with van der Waals surface area (Å²) in [6.07, 6.45) is 1.69. The lowest BCUT2D eigenvalue weighted by atomic mass is 10.1. The number of benzene rings is 1. The molecule has 0 unspecified atom stereocenters. The number of para-hydroxylation sites is 1. The van der Waals surface area contributed by atoms with Gasteiger partial charge in [0.25, 0.3) is 5.91 Å². The Morgan fingerprint density at radius 3 is 2.69 bits per heavy atom. The van der Waals surface area contributed by atoms with Crippen LogP contribution in [0.3, 0.4) is 0 Å². The highest BCUT2D eigenvalue weighted by Crippen LogP contribution is 2.18. The maximum Gasteiger partial charge on any atom is 0.272 e. The predicted molar refractivity (Wildman–Crippen MR) is 102 cm³/mol. The molecular weight excluding hydrogens is 328 g/mol. The molecule has 0 spiro atoms. The highest BCUT2D eigenvalue weighted by molar-refractivity contribution is 5.92. The Kier molecular flexibility index (Phi) is 5.68. The van der Waals surface area contributed by atoms with Crippen LogP contribution in [0.4, 0.5) is 0 Å². The fraction of sp³-hybridized carbons (Fsp3) is 0.421. The molecular formula is C19H26N6O. The third kappa shape index (κ3) is 3.94. The van der Waals surface area contributed by atoms with E-state index in [1.165, 1.54) is 0 Å². The van der Waals surface area contributed by atoms with Crippen LogP contribution in [-0.4, -0.2) is 62.1 Å².